The van der Waals surface area contributed by atoms with Gasteiger partial charge in [-0.2, -0.15) is 5.10 Å². The van der Waals surface area contributed by atoms with Crippen LogP contribution in [-0.4, -0.2) is 12.2 Å². The number of carbonyl (C=O) groups excluding carboxylic acids is 1. The summed E-state index contributed by atoms with van der Waals surface area (Å²) in [7, 11) is 0. The average molecular weight is 129 g/mol. The molecular formula is C5H11N3O. The number of nitrogens with two attached hydrogens (primary N) is 1. The average Bonchev–Trinajstić information content (AvgIpc) is 1.85. The molecule has 0 atom stereocenters. The van der Waals surface area contributed by atoms with Gasteiger partial charge in [0, 0.05) is 6.42 Å². The Balaban J connectivity index is 3.42. The molecule has 0 aliphatic heterocycles. The van der Waals surface area contributed by atoms with Crippen LogP contribution in [0.1, 0.15) is 19.8 Å². The zero-order valence-corrected chi connectivity index (χ0v) is 5.42. The van der Waals surface area contributed by atoms with E-state index in [-0.39, 0.29) is 0 Å². The summed E-state index contributed by atoms with van der Waals surface area (Å²) >= 11 is 0. The van der Waals surface area contributed by atoms with Gasteiger partial charge in [-0.1, -0.05) is 6.92 Å². The van der Waals surface area contributed by atoms with E-state index in [1.165, 1.54) is 0 Å². The van der Waals surface area contributed by atoms with Crippen LogP contribution in [0.15, 0.2) is 5.10 Å². The predicted molar refractivity (Wildman–Crippen MR) is 35.7 cm³/mol. The number of hydrogen-bond acceptors (Lipinski definition) is 2. The number of carbonyl (C=O) groups is 1. The van der Waals surface area contributed by atoms with Crippen molar-refractivity contribution in [2.24, 2.45) is 10.8 Å². The first-order valence-corrected chi connectivity index (χ1v) is 2.82. The third kappa shape index (κ3) is 4.80. The Kier molecular flexibility index (Phi) is 4.49. The van der Waals surface area contributed by atoms with Crippen LogP contribution < -0.4 is 11.2 Å². The Labute approximate surface area is 54.1 Å². The number of rotatable bonds is 4. The highest BCUT2D eigenvalue weighted by Crippen LogP contribution is 1.83. The molecule has 0 radical (unpaired) electrons. The molecule has 0 aliphatic carbocycles. The van der Waals surface area contributed by atoms with E-state index in [9.17, 15) is 4.79 Å². The molecule has 9 heavy (non-hydrogen) atoms. The van der Waals surface area contributed by atoms with Gasteiger partial charge >= 0.3 is 0 Å². The summed E-state index contributed by atoms with van der Waals surface area (Å²) in [5.41, 5.74) is 7.41. The zero-order valence-electron chi connectivity index (χ0n) is 5.42. The van der Waals surface area contributed by atoms with Crippen LogP contribution in [0, 0.1) is 0 Å². The third-order valence-electron chi connectivity index (χ3n) is 0.767. The molecule has 0 unspecified atom stereocenters. The molecule has 0 saturated heterocycles. The first kappa shape index (κ1) is 7.94. The molecule has 0 aromatic carbocycles. The highest BCUT2D eigenvalue weighted by atomic mass is 16.1. The highest BCUT2D eigenvalue weighted by Gasteiger charge is 1.85. The molecule has 0 aliphatic rings. The fraction of sp³-hybridized carbons (Fsp3) is 0.600. The lowest BCUT2D eigenvalue weighted by molar-refractivity contribution is -0.109. The summed E-state index contributed by atoms with van der Waals surface area (Å²) in [6.07, 6.45) is 2.15. The highest BCUT2D eigenvalue weighted by molar-refractivity contribution is 5.80. The van der Waals surface area contributed by atoms with Crippen molar-refractivity contribution in [3.63, 3.8) is 0 Å². The Hall–Kier alpha value is -1.06. The maximum Gasteiger partial charge on any atom is 0.227 e. The van der Waals surface area contributed by atoms with Gasteiger partial charge in [-0.3, -0.25) is 4.79 Å². The molecule has 3 N–H and O–H groups in total. The number of nitrogens with zero attached hydrogens (tertiary/aromatic N) is 1. The standard InChI is InChI=1S/C5H11N3O/c1-2-3-5(6)8-7-4-9/h4H,2-3H2,1H3,(H2,6,8)(H,7,9). The quantitative estimate of drug-likeness (QED) is 0.239. The fourth-order valence-corrected chi connectivity index (χ4v) is 0.421. The second-order valence-corrected chi connectivity index (χ2v) is 1.60. The van der Waals surface area contributed by atoms with E-state index in [1.807, 2.05) is 6.92 Å². The monoisotopic (exact) mass is 129 g/mol. The lowest BCUT2D eigenvalue weighted by Gasteiger charge is -1.93. The second kappa shape index (κ2) is 5.08. The first-order chi connectivity index (χ1) is 4.31. The summed E-state index contributed by atoms with van der Waals surface area (Å²) in [6, 6.07) is 0. The first-order valence-electron chi connectivity index (χ1n) is 2.82. The van der Waals surface area contributed by atoms with Crippen molar-refractivity contribution >= 4 is 12.2 Å². The van der Waals surface area contributed by atoms with Crippen molar-refractivity contribution in [1.82, 2.24) is 5.43 Å². The van der Waals surface area contributed by atoms with Gasteiger partial charge < -0.3 is 5.73 Å². The fourth-order valence-electron chi connectivity index (χ4n) is 0.421. The number of hydrazone groups is 1. The molecule has 0 fully saturated rings. The van der Waals surface area contributed by atoms with Crippen molar-refractivity contribution < 1.29 is 4.79 Å². The van der Waals surface area contributed by atoms with Crippen molar-refractivity contribution in [2.75, 3.05) is 0 Å². The summed E-state index contributed by atoms with van der Waals surface area (Å²) in [5, 5.41) is 3.51. The van der Waals surface area contributed by atoms with Crippen LogP contribution >= 0.6 is 0 Å². The maximum atomic E-state index is 9.64. The van der Waals surface area contributed by atoms with E-state index in [4.69, 9.17) is 5.73 Å². The van der Waals surface area contributed by atoms with E-state index in [2.05, 4.69) is 10.5 Å². The Bertz CT molecular complexity index is 111. The number of amidine groups is 1. The minimum absolute atomic E-state index is 0.463. The molecule has 0 bridgehead atoms. The van der Waals surface area contributed by atoms with Crippen molar-refractivity contribution in [3.8, 4) is 0 Å². The van der Waals surface area contributed by atoms with Crippen LogP contribution in [-0.2, 0) is 4.79 Å². The second-order valence-electron chi connectivity index (χ2n) is 1.60. The number of hydrogen-bond donors (Lipinski definition) is 2. The van der Waals surface area contributed by atoms with E-state index >= 15 is 0 Å². The molecule has 0 spiro atoms. The number of nitrogens with one attached hydrogen (secondary N) is 1. The van der Waals surface area contributed by atoms with Crippen LogP contribution in [0.2, 0.25) is 0 Å². The molecule has 4 nitrogen and oxygen atoms in total. The van der Waals surface area contributed by atoms with Crippen molar-refractivity contribution in [1.29, 1.82) is 0 Å². The van der Waals surface area contributed by atoms with Gasteiger partial charge in [0.1, 0.15) is 5.84 Å². The van der Waals surface area contributed by atoms with Gasteiger partial charge in [0.15, 0.2) is 0 Å². The van der Waals surface area contributed by atoms with E-state index in [1.54, 1.807) is 0 Å². The maximum absolute atomic E-state index is 9.64. The van der Waals surface area contributed by atoms with Gasteiger partial charge in [0.05, 0.1) is 0 Å². The van der Waals surface area contributed by atoms with Crippen LogP contribution in [0.4, 0.5) is 0 Å². The van der Waals surface area contributed by atoms with Crippen molar-refractivity contribution in [3.05, 3.63) is 0 Å². The molecular weight excluding hydrogens is 118 g/mol. The summed E-state index contributed by atoms with van der Waals surface area (Å²) in [6.45, 7) is 1.99. The molecule has 0 aromatic rings. The van der Waals surface area contributed by atoms with Crippen molar-refractivity contribution in [2.45, 2.75) is 19.8 Å². The van der Waals surface area contributed by atoms with Gasteiger partial charge in [-0.25, -0.2) is 5.43 Å². The van der Waals surface area contributed by atoms with Gasteiger partial charge in [0.25, 0.3) is 0 Å². The normalized spacial score (nSPS) is 11.0. The smallest absolute Gasteiger partial charge is 0.227 e. The Morgan fingerprint density at radius 2 is 2.56 bits per heavy atom. The van der Waals surface area contributed by atoms with E-state index in [0.29, 0.717) is 12.2 Å². The van der Waals surface area contributed by atoms with E-state index < -0.39 is 0 Å². The largest absolute Gasteiger partial charge is 0.386 e. The Morgan fingerprint density at radius 1 is 1.89 bits per heavy atom. The minimum Gasteiger partial charge on any atom is -0.386 e. The molecule has 4 heteroatoms. The minimum atomic E-state index is 0.463. The van der Waals surface area contributed by atoms with Crippen LogP contribution in [0.25, 0.3) is 0 Å². The van der Waals surface area contributed by atoms with Gasteiger partial charge in [-0.15, -0.1) is 0 Å². The molecule has 0 aromatic heterocycles. The lowest BCUT2D eigenvalue weighted by atomic mass is 10.3. The molecule has 0 rings (SSSR count). The topological polar surface area (TPSA) is 67.5 Å². The SMILES string of the molecule is CCC/C(N)=N/NC=O. The molecule has 0 heterocycles. The number of amides is 1. The third-order valence-corrected chi connectivity index (χ3v) is 0.767. The van der Waals surface area contributed by atoms with Gasteiger partial charge in [0.2, 0.25) is 6.41 Å². The summed E-state index contributed by atoms with van der Waals surface area (Å²) in [4.78, 5) is 9.64. The lowest BCUT2D eigenvalue weighted by Crippen LogP contribution is -2.16. The van der Waals surface area contributed by atoms with Gasteiger partial charge in [-0.05, 0) is 6.42 Å². The Morgan fingerprint density at radius 3 is 3.00 bits per heavy atom. The van der Waals surface area contributed by atoms with Crippen LogP contribution in [0.5, 0.6) is 0 Å². The van der Waals surface area contributed by atoms with Crippen LogP contribution in [0.3, 0.4) is 0 Å². The molecule has 1 amide bonds. The molecule has 0 saturated carbocycles. The summed E-state index contributed by atoms with van der Waals surface area (Å²) < 4.78 is 0. The molecule has 52 valence electrons. The van der Waals surface area contributed by atoms with E-state index in [0.717, 1.165) is 12.8 Å². The summed E-state index contributed by atoms with van der Waals surface area (Å²) in [5.74, 6) is 0.463. The zero-order chi connectivity index (χ0) is 7.11. The predicted octanol–water partition coefficient (Wildman–Crippen LogP) is -0.195.